The third-order valence-electron chi connectivity index (χ3n) is 3.21. The van der Waals surface area contributed by atoms with Crippen LogP contribution in [0, 0.1) is 10.1 Å². The van der Waals surface area contributed by atoms with Gasteiger partial charge in [0.25, 0.3) is 0 Å². The third-order valence-corrected chi connectivity index (χ3v) is 4.19. The van der Waals surface area contributed by atoms with E-state index in [2.05, 4.69) is 20.2 Å². The molecule has 0 amide bonds. The summed E-state index contributed by atoms with van der Waals surface area (Å²) in [4.78, 5) is 18.1. The number of rotatable bonds is 3. The van der Waals surface area contributed by atoms with Gasteiger partial charge in [0, 0.05) is 13.0 Å². The van der Waals surface area contributed by atoms with Gasteiger partial charge in [0.2, 0.25) is 5.95 Å². The van der Waals surface area contributed by atoms with Crippen LogP contribution in [-0.4, -0.2) is 29.7 Å². The van der Waals surface area contributed by atoms with E-state index in [0.29, 0.717) is 5.16 Å². The minimum absolute atomic E-state index is 0.00120. The molecule has 10 heteroatoms. The number of fused-ring (bicyclic) bond motifs is 1. The van der Waals surface area contributed by atoms with Crippen molar-refractivity contribution in [1.29, 1.82) is 0 Å². The molecule has 2 aromatic heterocycles. The van der Waals surface area contributed by atoms with Gasteiger partial charge in [-0.3, -0.25) is 10.1 Å². The Labute approximate surface area is 124 Å². The molecule has 2 aromatic rings. The van der Waals surface area contributed by atoms with Crippen LogP contribution in [-0.2, 0) is 13.0 Å². The number of nitro groups is 1. The van der Waals surface area contributed by atoms with Crippen LogP contribution in [0.1, 0.15) is 25.1 Å². The van der Waals surface area contributed by atoms with Gasteiger partial charge in [-0.2, -0.15) is 4.98 Å². The summed E-state index contributed by atoms with van der Waals surface area (Å²) >= 11 is 1.10. The van der Waals surface area contributed by atoms with Gasteiger partial charge in [-0.15, -0.1) is 10.2 Å². The van der Waals surface area contributed by atoms with Crippen molar-refractivity contribution >= 4 is 23.4 Å². The Morgan fingerprint density at radius 1 is 1.33 bits per heavy atom. The van der Waals surface area contributed by atoms with Gasteiger partial charge < -0.3 is 10.3 Å². The Bertz CT molecular complexity index is 687. The second-order valence-electron chi connectivity index (χ2n) is 4.64. The van der Waals surface area contributed by atoms with Crippen molar-refractivity contribution in [2.45, 2.75) is 42.4 Å². The molecule has 0 spiro atoms. The van der Waals surface area contributed by atoms with Crippen molar-refractivity contribution in [3.63, 3.8) is 0 Å². The fraction of sp³-hybridized carbons (Fsp3) is 0.455. The first-order valence-electron chi connectivity index (χ1n) is 6.52. The highest BCUT2D eigenvalue weighted by molar-refractivity contribution is 7.99. The van der Waals surface area contributed by atoms with Gasteiger partial charge in [-0.1, -0.05) is 6.42 Å². The highest BCUT2D eigenvalue weighted by Crippen LogP contribution is 2.33. The smallest absolute Gasteiger partial charge is 0.320 e. The maximum absolute atomic E-state index is 11.0. The van der Waals surface area contributed by atoms with E-state index in [0.717, 1.165) is 56.0 Å². The molecule has 3 heterocycles. The zero-order chi connectivity index (χ0) is 14.8. The van der Waals surface area contributed by atoms with Gasteiger partial charge in [-0.25, -0.2) is 4.98 Å². The van der Waals surface area contributed by atoms with Crippen molar-refractivity contribution in [2.75, 3.05) is 5.73 Å². The summed E-state index contributed by atoms with van der Waals surface area (Å²) in [7, 11) is 0. The predicted molar refractivity (Wildman–Crippen MR) is 74.8 cm³/mol. The largest absolute Gasteiger partial charge is 0.368 e. The van der Waals surface area contributed by atoms with E-state index in [1.807, 2.05) is 4.57 Å². The molecule has 0 saturated heterocycles. The van der Waals surface area contributed by atoms with E-state index < -0.39 is 4.92 Å². The molecule has 0 radical (unpaired) electrons. The highest BCUT2D eigenvalue weighted by atomic mass is 32.2. The molecule has 21 heavy (non-hydrogen) atoms. The quantitative estimate of drug-likeness (QED) is 0.512. The van der Waals surface area contributed by atoms with Gasteiger partial charge in [0.05, 0.1) is 4.92 Å². The lowest BCUT2D eigenvalue weighted by molar-refractivity contribution is -0.388. The number of anilines is 1. The molecule has 9 nitrogen and oxygen atoms in total. The summed E-state index contributed by atoms with van der Waals surface area (Å²) in [6.45, 7) is 0.818. The number of hydrogen-bond acceptors (Lipinski definition) is 8. The molecule has 0 unspecified atom stereocenters. The summed E-state index contributed by atoms with van der Waals surface area (Å²) in [6.07, 6.45) is 5.27. The average molecular weight is 307 g/mol. The molecule has 0 aromatic carbocycles. The van der Waals surface area contributed by atoms with Gasteiger partial charge in [0.1, 0.15) is 12.0 Å². The fourth-order valence-electron chi connectivity index (χ4n) is 2.19. The molecule has 3 rings (SSSR count). The zero-order valence-corrected chi connectivity index (χ0v) is 11.9. The first kappa shape index (κ1) is 13.7. The molecule has 0 fully saturated rings. The minimum atomic E-state index is -0.526. The van der Waals surface area contributed by atoms with Crippen LogP contribution in [0.5, 0.6) is 0 Å². The Morgan fingerprint density at radius 3 is 3.00 bits per heavy atom. The molecular weight excluding hydrogens is 294 g/mol. The molecule has 1 aliphatic heterocycles. The Morgan fingerprint density at radius 2 is 2.19 bits per heavy atom. The van der Waals surface area contributed by atoms with Crippen LogP contribution in [0.3, 0.4) is 0 Å². The van der Waals surface area contributed by atoms with Crippen LogP contribution in [0.25, 0.3) is 0 Å². The predicted octanol–water partition coefficient (Wildman–Crippen LogP) is 1.44. The van der Waals surface area contributed by atoms with Crippen LogP contribution in [0.4, 0.5) is 11.6 Å². The summed E-state index contributed by atoms with van der Waals surface area (Å²) in [6, 6.07) is 0. The van der Waals surface area contributed by atoms with Crippen LogP contribution in [0.2, 0.25) is 0 Å². The first-order chi connectivity index (χ1) is 10.1. The molecule has 0 bridgehead atoms. The van der Waals surface area contributed by atoms with E-state index in [1.54, 1.807) is 0 Å². The summed E-state index contributed by atoms with van der Waals surface area (Å²) < 4.78 is 2.00. The lowest BCUT2D eigenvalue weighted by Crippen LogP contribution is -2.04. The monoisotopic (exact) mass is 307 g/mol. The molecule has 2 N–H and O–H groups in total. The Hall–Kier alpha value is -2.23. The molecular formula is C11H13N7O2S. The number of hydrogen-bond donors (Lipinski definition) is 1. The Kier molecular flexibility index (Phi) is 3.69. The standard InChI is InChI=1S/C11H13N7O2S/c12-10-13-6-7(18(19)20)9(14-10)21-11-16-15-8-4-2-1-3-5-17(8)11/h6H,1-5H2,(H2,12,13,14). The van der Waals surface area contributed by atoms with Gasteiger partial charge >= 0.3 is 5.69 Å². The van der Waals surface area contributed by atoms with Crippen molar-refractivity contribution in [1.82, 2.24) is 24.7 Å². The lowest BCUT2D eigenvalue weighted by Gasteiger charge is -2.06. The number of aryl methyl sites for hydroxylation is 1. The number of nitrogen functional groups attached to an aromatic ring is 1. The molecule has 110 valence electrons. The summed E-state index contributed by atoms with van der Waals surface area (Å²) in [5.41, 5.74) is 5.34. The molecule has 1 aliphatic rings. The number of nitrogens with two attached hydrogens (primary N) is 1. The normalized spacial score (nSPS) is 14.5. The molecule has 0 saturated carbocycles. The zero-order valence-electron chi connectivity index (χ0n) is 11.1. The van der Waals surface area contributed by atoms with Crippen LogP contribution in [0.15, 0.2) is 16.4 Å². The molecule has 0 aliphatic carbocycles. The second-order valence-corrected chi connectivity index (χ2v) is 5.59. The van der Waals surface area contributed by atoms with E-state index in [1.165, 1.54) is 0 Å². The SMILES string of the molecule is Nc1ncc([N+](=O)[O-])c(Sc2nnc3n2CCCCC3)n1. The number of aromatic nitrogens is 5. The molecule has 0 atom stereocenters. The van der Waals surface area contributed by atoms with Crippen molar-refractivity contribution < 1.29 is 4.92 Å². The highest BCUT2D eigenvalue weighted by Gasteiger charge is 2.22. The fourth-order valence-corrected chi connectivity index (χ4v) is 3.13. The number of nitrogens with zero attached hydrogens (tertiary/aromatic N) is 6. The van der Waals surface area contributed by atoms with Crippen molar-refractivity contribution in [2.24, 2.45) is 0 Å². The maximum atomic E-state index is 11.0. The van der Waals surface area contributed by atoms with Crippen LogP contribution < -0.4 is 5.73 Å². The van der Waals surface area contributed by atoms with E-state index in [4.69, 9.17) is 5.73 Å². The summed E-state index contributed by atoms with van der Waals surface area (Å²) in [5, 5.41) is 20.1. The van der Waals surface area contributed by atoms with E-state index >= 15 is 0 Å². The first-order valence-corrected chi connectivity index (χ1v) is 7.33. The minimum Gasteiger partial charge on any atom is -0.368 e. The van der Waals surface area contributed by atoms with Gasteiger partial charge in [-0.05, 0) is 24.6 Å². The Balaban J connectivity index is 1.96. The maximum Gasteiger partial charge on any atom is 0.320 e. The second kappa shape index (κ2) is 5.64. The van der Waals surface area contributed by atoms with E-state index in [9.17, 15) is 10.1 Å². The lowest BCUT2D eigenvalue weighted by atomic mass is 10.2. The van der Waals surface area contributed by atoms with Crippen LogP contribution >= 0.6 is 11.8 Å². The van der Waals surface area contributed by atoms with Crippen molar-refractivity contribution in [3.8, 4) is 0 Å². The van der Waals surface area contributed by atoms with E-state index in [-0.39, 0.29) is 16.7 Å². The third kappa shape index (κ3) is 2.79. The average Bonchev–Trinajstić information content (AvgIpc) is 2.68. The van der Waals surface area contributed by atoms with Crippen molar-refractivity contribution in [3.05, 3.63) is 22.1 Å². The summed E-state index contributed by atoms with van der Waals surface area (Å²) in [5.74, 6) is 0.915. The topological polar surface area (TPSA) is 126 Å². The van der Waals surface area contributed by atoms with Gasteiger partial charge in [0.15, 0.2) is 10.2 Å².